The van der Waals surface area contributed by atoms with Crippen LogP contribution in [0, 0.1) is 0 Å². The van der Waals surface area contributed by atoms with Gasteiger partial charge in [-0.3, -0.25) is 19.4 Å². The average Bonchev–Trinajstić information content (AvgIpc) is 2.47. The maximum Gasteiger partial charge on any atom is 0.320 e. The molecule has 2 fully saturated rings. The van der Waals surface area contributed by atoms with Crippen molar-refractivity contribution in [3.8, 4) is 0 Å². The summed E-state index contributed by atoms with van der Waals surface area (Å²) >= 11 is 0. The molecule has 0 radical (unpaired) electrons. The number of carboxylic acids is 1. The van der Waals surface area contributed by atoms with Crippen molar-refractivity contribution < 1.29 is 14.7 Å². The number of rotatable bonds is 4. The molecule has 0 aromatic heterocycles. The van der Waals surface area contributed by atoms with Crippen LogP contribution in [0.15, 0.2) is 0 Å². The van der Waals surface area contributed by atoms with Crippen LogP contribution in [0.4, 0.5) is 0 Å². The zero-order valence-electron chi connectivity index (χ0n) is 13.0. The van der Waals surface area contributed by atoms with Gasteiger partial charge in [-0.05, 0) is 14.0 Å². The molecule has 7 heteroatoms. The second kappa shape index (κ2) is 7.20. The molecule has 0 saturated carbocycles. The van der Waals surface area contributed by atoms with E-state index in [4.69, 9.17) is 5.11 Å². The molecule has 120 valence electrons. The van der Waals surface area contributed by atoms with Gasteiger partial charge in [0.1, 0.15) is 6.04 Å². The maximum atomic E-state index is 12.3. The number of likely N-dealkylation sites (N-methyl/N-ethyl adjacent to an activating group) is 1. The van der Waals surface area contributed by atoms with Crippen LogP contribution in [-0.4, -0.2) is 109 Å². The molecule has 1 amide bonds. The van der Waals surface area contributed by atoms with Gasteiger partial charge in [-0.1, -0.05) is 0 Å². The number of hydrogen-bond donors (Lipinski definition) is 1. The standard InChI is InChI=1S/C14H26N4O3/c1-12(14(20)21)17-9-5-16(6-10-17)11-13(19)18-7-3-15(2)4-8-18/h12H,3-11H2,1-2H3,(H,20,21). The Morgan fingerprint density at radius 1 is 1.00 bits per heavy atom. The molecule has 2 aliphatic heterocycles. The number of aliphatic carboxylic acids is 1. The van der Waals surface area contributed by atoms with E-state index in [1.807, 2.05) is 9.80 Å². The summed E-state index contributed by atoms with van der Waals surface area (Å²) in [6.45, 7) is 8.62. The number of hydrogen-bond acceptors (Lipinski definition) is 5. The van der Waals surface area contributed by atoms with Gasteiger partial charge in [-0.2, -0.15) is 0 Å². The van der Waals surface area contributed by atoms with E-state index in [-0.39, 0.29) is 5.91 Å². The number of amides is 1. The van der Waals surface area contributed by atoms with Gasteiger partial charge in [0, 0.05) is 52.4 Å². The van der Waals surface area contributed by atoms with Crippen molar-refractivity contribution in [3.05, 3.63) is 0 Å². The third-order valence-corrected chi connectivity index (χ3v) is 4.53. The highest BCUT2D eigenvalue weighted by molar-refractivity contribution is 5.78. The van der Waals surface area contributed by atoms with Crippen LogP contribution in [0.5, 0.6) is 0 Å². The number of nitrogens with zero attached hydrogens (tertiary/aromatic N) is 4. The molecule has 0 spiro atoms. The highest BCUT2D eigenvalue weighted by Crippen LogP contribution is 2.08. The van der Waals surface area contributed by atoms with E-state index in [9.17, 15) is 9.59 Å². The first-order valence-electron chi connectivity index (χ1n) is 7.63. The normalized spacial score (nSPS) is 24.0. The van der Waals surface area contributed by atoms with E-state index < -0.39 is 12.0 Å². The molecule has 2 heterocycles. The zero-order valence-corrected chi connectivity index (χ0v) is 13.0. The Balaban J connectivity index is 1.73. The molecule has 2 saturated heterocycles. The molecular weight excluding hydrogens is 272 g/mol. The van der Waals surface area contributed by atoms with Crippen molar-refractivity contribution in [1.29, 1.82) is 0 Å². The Morgan fingerprint density at radius 2 is 1.57 bits per heavy atom. The first-order chi connectivity index (χ1) is 9.97. The molecule has 1 atom stereocenters. The van der Waals surface area contributed by atoms with Crippen LogP contribution in [0.3, 0.4) is 0 Å². The summed E-state index contributed by atoms with van der Waals surface area (Å²) < 4.78 is 0. The van der Waals surface area contributed by atoms with Crippen LogP contribution < -0.4 is 0 Å². The average molecular weight is 298 g/mol. The Hall–Kier alpha value is -1.18. The fourth-order valence-corrected chi connectivity index (χ4v) is 2.81. The minimum atomic E-state index is -0.781. The van der Waals surface area contributed by atoms with Gasteiger partial charge < -0.3 is 14.9 Å². The minimum absolute atomic E-state index is 0.197. The van der Waals surface area contributed by atoms with Crippen LogP contribution in [0.1, 0.15) is 6.92 Å². The van der Waals surface area contributed by atoms with Crippen LogP contribution in [-0.2, 0) is 9.59 Å². The summed E-state index contributed by atoms with van der Waals surface area (Å²) in [6.07, 6.45) is 0. The summed E-state index contributed by atoms with van der Waals surface area (Å²) in [4.78, 5) is 31.5. The smallest absolute Gasteiger partial charge is 0.320 e. The Bertz CT molecular complexity index is 374. The third-order valence-electron chi connectivity index (χ3n) is 4.53. The Kier molecular flexibility index (Phi) is 5.55. The number of piperazine rings is 2. The molecule has 0 aromatic carbocycles. The van der Waals surface area contributed by atoms with Crippen molar-refractivity contribution in [2.75, 3.05) is 66.0 Å². The lowest BCUT2D eigenvalue weighted by molar-refractivity contribution is -0.144. The molecule has 21 heavy (non-hydrogen) atoms. The predicted molar refractivity (Wildman–Crippen MR) is 79.2 cm³/mol. The van der Waals surface area contributed by atoms with Crippen molar-refractivity contribution in [2.24, 2.45) is 0 Å². The minimum Gasteiger partial charge on any atom is -0.480 e. The molecule has 2 aliphatic rings. The van der Waals surface area contributed by atoms with Gasteiger partial charge >= 0.3 is 5.97 Å². The Labute approximate surface area is 126 Å². The number of carbonyl (C=O) groups excluding carboxylic acids is 1. The summed E-state index contributed by atoms with van der Waals surface area (Å²) in [7, 11) is 2.07. The second-order valence-electron chi connectivity index (χ2n) is 6.01. The number of carbonyl (C=O) groups is 2. The van der Waals surface area contributed by atoms with E-state index in [1.54, 1.807) is 6.92 Å². The van der Waals surface area contributed by atoms with Crippen LogP contribution in [0.25, 0.3) is 0 Å². The van der Waals surface area contributed by atoms with E-state index in [1.165, 1.54) is 0 Å². The van der Waals surface area contributed by atoms with Crippen LogP contribution >= 0.6 is 0 Å². The summed E-state index contributed by atoms with van der Waals surface area (Å²) in [5, 5.41) is 9.02. The molecule has 0 aliphatic carbocycles. The fraction of sp³-hybridized carbons (Fsp3) is 0.857. The summed E-state index contributed by atoms with van der Waals surface area (Å²) in [5.74, 6) is -0.584. The SMILES string of the molecule is CC(C(=O)O)N1CCN(CC(=O)N2CCN(C)CC2)CC1. The van der Waals surface area contributed by atoms with E-state index in [2.05, 4.69) is 16.8 Å². The lowest BCUT2D eigenvalue weighted by Crippen LogP contribution is -2.55. The molecular formula is C14H26N4O3. The molecule has 1 N–H and O–H groups in total. The zero-order chi connectivity index (χ0) is 15.4. The van der Waals surface area contributed by atoms with E-state index >= 15 is 0 Å². The lowest BCUT2D eigenvalue weighted by Gasteiger charge is -2.38. The first-order valence-corrected chi connectivity index (χ1v) is 7.63. The largest absolute Gasteiger partial charge is 0.480 e. The molecule has 7 nitrogen and oxygen atoms in total. The lowest BCUT2D eigenvalue weighted by atomic mass is 10.2. The highest BCUT2D eigenvalue weighted by atomic mass is 16.4. The number of carboxylic acid groups (broad SMARTS) is 1. The first kappa shape index (κ1) is 16.2. The van der Waals surface area contributed by atoms with Gasteiger partial charge in [0.25, 0.3) is 0 Å². The molecule has 2 rings (SSSR count). The van der Waals surface area contributed by atoms with Gasteiger partial charge in [0.2, 0.25) is 5.91 Å². The van der Waals surface area contributed by atoms with Crippen LogP contribution in [0.2, 0.25) is 0 Å². The highest BCUT2D eigenvalue weighted by Gasteiger charge is 2.27. The molecule has 1 unspecified atom stereocenters. The van der Waals surface area contributed by atoms with E-state index in [0.29, 0.717) is 19.6 Å². The van der Waals surface area contributed by atoms with Crippen molar-refractivity contribution in [3.63, 3.8) is 0 Å². The summed E-state index contributed by atoms with van der Waals surface area (Å²) in [6, 6.07) is -0.444. The second-order valence-corrected chi connectivity index (χ2v) is 6.01. The summed E-state index contributed by atoms with van der Waals surface area (Å²) in [5.41, 5.74) is 0. The monoisotopic (exact) mass is 298 g/mol. The van der Waals surface area contributed by atoms with Crippen molar-refractivity contribution in [2.45, 2.75) is 13.0 Å². The Morgan fingerprint density at radius 3 is 2.10 bits per heavy atom. The molecule has 0 bridgehead atoms. The van der Waals surface area contributed by atoms with Gasteiger partial charge in [0.15, 0.2) is 0 Å². The van der Waals surface area contributed by atoms with E-state index in [0.717, 1.165) is 39.3 Å². The van der Waals surface area contributed by atoms with Gasteiger partial charge in [-0.25, -0.2) is 0 Å². The van der Waals surface area contributed by atoms with Crippen molar-refractivity contribution in [1.82, 2.24) is 19.6 Å². The fourth-order valence-electron chi connectivity index (χ4n) is 2.81. The quantitative estimate of drug-likeness (QED) is 0.707. The maximum absolute atomic E-state index is 12.3. The van der Waals surface area contributed by atoms with Gasteiger partial charge in [-0.15, -0.1) is 0 Å². The topological polar surface area (TPSA) is 67.3 Å². The molecule has 0 aromatic rings. The van der Waals surface area contributed by atoms with Crippen molar-refractivity contribution >= 4 is 11.9 Å². The predicted octanol–water partition coefficient (Wildman–Crippen LogP) is -1.15. The van der Waals surface area contributed by atoms with Gasteiger partial charge in [0.05, 0.1) is 6.54 Å². The third kappa shape index (κ3) is 4.39.